The highest BCUT2D eigenvalue weighted by Gasteiger charge is 2.18. The number of aliphatic hydroxyl groups excluding tert-OH is 1. The predicted molar refractivity (Wildman–Crippen MR) is 54.4 cm³/mol. The molecule has 2 rings (SSSR count). The van der Waals surface area contributed by atoms with Crippen LogP contribution in [0.15, 0.2) is 35.3 Å². The van der Waals surface area contributed by atoms with Crippen molar-refractivity contribution in [2.45, 2.75) is 12.5 Å². The maximum atomic E-state index is 8.76. The smallest absolute Gasteiger partial charge is 0.216 e. The molecule has 0 amide bonds. The second-order valence-corrected chi connectivity index (χ2v) is 3.28. The number of nitrogens with zero attached hydrogens (tertiary/aromatic N) is 1. The van der Waals surface area contributed by atoms with Crippen LogP contribution in [0, 0.1) is 0 Å². The van der Waals surface area contributed by atoms with Crippen molar-refractivity contribution in [3.05, 3.63) is 35.9 Å². The zero-order valence-electron chi connectivity index (χ0n) is 7.89. The number of rotatable bonds is 3. The summed E-state index contributed by atoms with van der Waals surface area (Å²) in [4.78, 5) is 4.38. The van der Waals surface area contributed by atoms with Crippen LogP contribution < -0.4 is 0 Å². The van der Waals surface area contributed by atoms with Crippen molar-refractivity contribution in [2.75, 3.05) is 13.2 Å². The molecule has 0 saturated heterocycles. The molecule has 0 fully saturated rings. The van der Waals surface area contributed by atoms with Crippen LogP contribution in [0.3, 0.4) is 0 Å². The van der Waals surface area contributed by atoms with Crippen molar-refractivity contribution in [3.8, 4) is 0 Å². The minimum absolute atomic E-state index is 0.121. The molecule has 1 aliphatic heterocycles. The Morgan fingerprint density at radius 3 is 2.86 bits per heavy atom. The van der Waals surface area contributed by atoms with Crippen molar-refractivity contribution in [3.63, 3.8) is 0 Å². The minimum Gasteiger partial charge on any atom is -0.475 e. The topological polar surface area (TPSA) is 41.8 Å². The number of hydrogen-bond donors (Lipinski definition) is 1. The molecule has 0 spiro atoms. The Balaban J connectivity index is 2.10. The van der Waals surface area contributed by atoms with E-state index in [-0.39, 0.29) is 12.6 Å². The summed E-state index contributed by atoms with van der Waals surface area (Å²) in [6.07, 6.45) is 0.677. The number of aliphatic hydroxyl groups is 1. The highest BCUT2D eigenvalue weighted by Crippen LogP contribution is 2.13. The van der Waals surface area contributed by atoms with Crippen LogP contribution in [0.2, 0.25) is 0 Å². The van der Waals surface area contributed by atoms with E-state index in [1.54, 1.807) is 0 Å². The second kappa shape index (κ2) is 4.24. The summed E-state index contributed by atoms with van der Waals surface area (Å²) < 4.78 is 5.44. The third kappa shape index (κ3) is 1.93. The van der Waals surface area contributed by atoms with Crippen LogP contribution in [0.1, 0.15) is 12.0 Å². The molecule has 0 aromatic heterocycles. The Kier molecular flexibility index (Phi) is 2.79. The van der Waals surface area contributed by atoms with Crippen LogP contribution in [-0.2, 0) is 4.74 Å². The summed E-state index contributed by atoms with van der Waals surface area (Å²) in [5, 5.41) is 8.76. The molecule has 1 aliphatic rings. The highest BCUT2D eigenvalue weighted by molar-refractivity contribution is 5.95. The van der Waals surface area contributed by atoms with Crippen LogP contribution in [0.4, 0.5) is 0 Å². The molecule has 1 N–H and O–H groups in total. The molecule has 1 heterocycles. The molecular weight excluding hydrogens is 178 g/mol. The van der Waals surface area contributed by atoms with Gasteiger partial charge < -0.3 is 9.84 Å². The summed E-state index contributed by atoms with van der Waals surface area (Å²) in [6.45, 7) is 0.754. The first-order chi connectivity index (χ1) is 6.90. The Labute approximate surface area is 83.1 Å². The Hall–Kier alpha value is -1.35. The lowest BCUT2D eigenvalue weighted by molar-refractivity contribution is 0.251. The van der Waals surface area contributed by atoms with Gasteiger partial charge in [-0.05, 0) is 18.6 Å². The van der Waals surface area contributed by atoms with Gasteiger partial charge in [0.05, 0.1) is 6.04 Å². The normalized spacial score (nSPS) is 20.4. The molecule has 14 heavy (non-hydrogen) atoms. The zero-order valence-corrected chi connectivity index (χ0v) is 7.89. The maximum absolute atomic E-state index is 8.76. The second-order valence-electron chi connectivity index (χ2n) is 3.28. The van der Waals surface area contributed by atoms with Gasteiger partial charge in [0.15, 0.2) is 0 Å². The molecule has 0 bridgehead atoms. The third-order valence-electron chi connectivity index (χ3n) is 2.20. The first kappa shape index (κ1) is 9.21. The Morgan fingerprint density at radius 1 is 1.36 bits per heavy atom. The van der Waals surface area contributed by atoms with Crippen LogP contribution >= 0.6 is 0 Å². The maximum Gasteiger partial charge on any atom is 0.216 e. The molecule has 3 nitrogen and oxygen atoms in total. The van der Waals surface area contributed by atoms with Gasteiger partial charge in [-0.1, -0.05) is 18.2 Å². The lowest BCUT2D eigenvalue weighted by Crippen LogP contribution is -2.07. The summed E-state index contributed by atoms with van der Waals surface area (Å²) in [7, 11) is 0. The summed E-state index contributed by atoms with van der Waals surface area (Å²) in [6, 6.07) is 9.95. The van der Waals surface area contributed by atoms with Gasteiger partial charge in [0, 0.05) is 12.2 Å². The molecule has 0 unspecified atom stereocenters. The van der Waals surface area contributed by atoms with Gasteiger partial charge in [0.25, 0.3) is 0 Å². The van der Waals surface area contributed by atoms with E-state index in [2.05, 4.69) is 4.99 Å². The number of hydrogen-bond acceptors (Lipinski definition) is 3. The number of aliphatic imine (C=N–C) groups is 1. The fraction of sp³-hybridized carbons (Fsp3) is 0.364. The van der Waals surface area contributed by atoms with Gasteiger partial charge in [-0.2, -0.15) is 0 Å². The van der Waals surface area contributed by atoms with Gasteiger partial charge in [-0.3, -0.25) is 0 Å². The molecular formula is C11H13NO2. The lowest BCUT2D eigenvalue weighted by Gasteiger charge is -1.99. The van der Waals surface area contributed by atoms with E-state index >= 15 is 0 Å². The van der Waals surface area contributed by atoms with E-state index in [0.29, 0.717) is 18.9 Å². The van der Waals surface area contributed by atoms with Gasteiger partial charge in [-0.15, -0.1) is 0 Å². The van der Waals surface area contributed by atoms with Crippen LogP contribution in [0.5, 0.6) is 0 Å². The van der Waals surface area contributed by atoms with Crippen molar-refractivity contribution in [1.82, 2.24) is 0 Å². The molecule has 0 radical (unpaired) electrons. The van der Waals surface area contributed by atoms with E-state index in [1.807, 2.05) is 30.3 Å². The van der Waals surface area contributed by atoms with E-state index < -0.39 is 0 Å². The summed E-state index contributed by atoms with van der Waals surface area (Å²) in [5.74, 6) is 0.698. The molecule has 0 aliphatic carbocycles. The largest absolute Gasteiger partial charge is 0.475 e. The fourth-order valence-corrected chi connectivity index (χ4v) is 1.45. The monoisotopic (exact) mass is 191 g/mol. The van der Waals surface area contributed by atoms with Gasteiger partial charge in [0.2, 0.25) is 5.90 Å². The van der Waals surface area contributed by atoms with E-state index in [9.17, 15) is 0 Å². The molecule has 0 saturated carbocycles. The van der Waals surface area contributed by atoms with Gasteiger partial charge >= 0.3 is 0 Å². The quantitative estimate of drug-likeness (QED) is 0.780. The van der Waals surface area contributed by atoms with Crippen molar-refractivity contribution in [1.29, 1.82) is 0 Å². The molecule has 1 aromatic carbocycles. The zero-order chi connectivity index (χ0) is 9.80. The Bertz CT molecular complexity index is 321. The molecule has 3 heteroatoms. The summed E-state index contributed by atoms with van der Waals surface area (Å²) >= 11 is 0. The van der Waals surface area contributed by atoms with E-state index in [0.717, 1.165) is 5.56 Å². The number of ether oxygens (including phenoxy) is 1. The standard InChI is InChI=1S/C11H13NO2/c13-7-6-10-8-14-11(12-10)9-4-2-1-3-5-9/h1-5,10,13H,6-8H2/t10-/m1/s1. The first-order valence-electron chi connectivity index (χ1n) is 4.77. The first-order valence-corrected chi connectivity index (χ1v) is 4.77. The lowest BCUT2D eigenvalue weighted by atomic mass is 10.2. The van der Waals surface area contributed by atoms with Crippen LogP contribution in [-0.4, -0.2) is 30.3 Å². The van der Waals surface area contributed by atoms with Crippen LogP contribution in [0.25, 0.3) is 0 Å². The van der Waals surface area contributed by atoms with Crippen molar-refractivity contribution >= 4 is 5.90 Å². The molecule has 1 aromatic rings. The third-order valence-corrected chi connectivity index (χ3v) is 2.20. The van der Waals surface area contributed by atoms with Gasteiger partial charge in [-0.25, -0.2) is 4.99 Å². The predicted octanol–water partition coefficient (Wildman–Crippen LogP) is 1.21. The van der Waals surface area contributed by atoms with Crippen molar-refractivity contribution < 1.29 is 9.84 Å². The van der Waals surface area contributed by atoms with E-state index in [1.165, 1.54) is 0 Å². The summed E-state index contributed by atoms with van der Waals surface area (Å²) in [5.41, 5.74) is 1.01. The fourth-order valence-electron chi connectivity index (χ4n) is 1.45. The van der Waals surface area contributed by atoms with Crippen molar-refractivity contribution in [2.24, 2.45) is 4.99 Å². The molecule has 1 atom stereocenters. The number of benzene rings is 1. The Morgan fingerprint density at radius 2 is 2.14 bits per heavy atom. The highest BCUT2D eigenvalue weighted by atomic mass is 16.5. The minimum atomic E-state index is 0.121. The van der Waals surface area contributed by atoms with E-state index in [4.69, 9.17) is 9.84 Å². The molecule has 74 valence electrons. The SMILES string of the molecule is OCC[C@@H]1COC(c2ccccc2)=N1. The average molecular weight is 191 g/mol. The average Bonchev–Trinajstić information content (AvgIpc) is 2.68. The van der Waals surface area contributed by atoms with Gasteiger partial charge in [0.1, 0.15) is 6.61 Å².